The van der Waals surface area contributed by atoms with Crippen molar-refractivity contribution in [3.05, 3.63) is 109 Å². The molecule has 3 rings (SSSR count). The normalized spacial score (nSPS) is 9.42. The smallest absolute Gasteiger partial charge is 0.343 e. The molecule has 52 heavy (non-hydrogen) atoms. The van der Waals surface area contributed by atoms with E-state index < -0.39 is 5.97 Å². The first-order chi connectivity index (χ1) is 25.4. The molecule has 0 unspecified atom stereocenters. The van der Waals surface area contributed by atoms with E-state index in [9.17, 15) is 14.4 Å². The Morgan fingerprint density at radius 2 is 1.17 bits per heavy atom. The summed E-state index contributed by atoms with van der Waals surface area (Å²) in [6.45, 7) is 8.80. The molecule has 0 spiro atoms. The number of benzene rings is 3. The minimum Gasteiger partial charge on any atom is -0.496 e. The summed E-state index contributed by atoms with van der Waals surface area (Å²) in [6.07, 6.45) is 15.3. The highest BCUT2D eigenvalue weighted by atomic mass is 16.5. The SMILES string of the molecule is C=CC=O.C=CCCCCCCOc1ccc(C(=O)Oc2ccc(OC)c(C=O)c2)cc1.COCCCCCCOc1ccc(C=O)cc1.O=CO. The van der Waals surface area contributed by atoms with Gasteiger partial charge in [-0.1, -0.05) is 31.9 Å². The van der Waals surface area contributed by atoms with Crippen molar-refractivity contribution in [3.63, 3.8) is 0 Å². The highest BCUT2D eigenvalue weighted by Gasteiger charge is 2.11. The van der Waals surface area contributed by atoms with Crippen LogP contribution in [0.15, 0.2) is 92.0 Å². The van der Waals surface area contributed by atoms with E-state index in [1.54, 1.807) is 55.6 Å². The zero-order chi connectivity index (χ0) is 38.7. The number of methoxy groups -OCH3 is 2. The molecule has 3 aromatic carbocycles. The molecule has 11 nitrogen and oxygen atoms in total. The summed E-state index contributed by atoms with van der Waals surface area (Å²) in [4.78, 5) is 51.2. The Hall–Kier alpha value is -5.55. The number of esters is 1. The lowest BCUT2D eigenvalue weighted by Crippen LogP contribution is -2.09. The second-order valence-corrected chi connectivity index (χ2v) is 10.7. The molecule has 0 radical (unpaired) electrons. The Kier molecular flexibility index (Phi) is 29.2. The van der Waals surface area contributed by atoms with Gasteiger partial charge >= 0.3 is 5.97 Å². The number of carbonyl (C=O) groups is 5. The number of rotatable bonds is 22. The van der Waals surface area contributed by atoms with E-state index in [0.717, 1.165) is 69.5 Å². The Balaban J connectivity index is 0.000000917. The van der Waals surface area contributed by atoms with Crippen LogP contribution in [0.4, 0.5) is 0 Å². The summed E-state index contributed by atoms with van der Waals surface area (Å²) in [5.41, 5.74) is 1.40. The topological polar surface area (TPSA) is 152 Å². The summed E-state index contributed by atoms with van der Waals surface area (Å²) in [6, 6.07) is 18.6. The van der Waals surface area contributed by atoms with Gasteiger partial charge in [0.1, 0.15) is 35.6 Å². The number of ether oxygens (including phenoxy) is 5. The van der Waals surface area contributed by atoms with E-state index in [2.05, 4.69) is 13.2 Å². The zero-order valence-electron chi connectivity index (χ0n) is 30.2. The summed E-state index contributed by atoms with van der Waals surface area (Å²) < 4.78 is 26.6. The van der Waals surface area contributed by atoms with Gasteiger partial charge in [-0.15, -0.1) is 6.58 Å². The minimum absolute atomic E-state index is 0.250. The van der Waals surface area contributed by atoms with E-state index in [1.807, 2.05) is 18.2 Å². The molecular weight excluding hydrogens is 668 g/mol. The van der Waals surface area contributed by atoms with E-state index >= 15 is 0 Å². The molecule has 0 aromatic heterocycles. The van der Waals surface area contributed by atoms with E-state index in [-0.39, 0.29) is 12.2 Å². The third-order valence-electron chi connectivity index (χ3n) is 6.82. The maximum absolute atomic E-state index is 12.3. The van der Waals surface area contributed by atoms with Crippen LogP contribution in [-0.4, -0.2) is 70.4 Å². The summed E-state index contributed by atoms with van der Waals surface area (Å²) in [5, 5.41) is 6.89. The summed E-state index contributed by atoms with van der Waals surface area (Å²) in [7, 11) is 3.20. The van der Waals surface area contributed by atoms with Crippen molar-refractivity contribution in [2.75, 3.05) is 34.0 Å². The van der Waals surface area contributed by atoms with E-state index in [1.165, 1.54) is 38.5 Å². The van der Waals surface area contributed by atoms with Crippen LogP contribution in [0.2, 0.25) is 0 Å². The van der Waals surface area contributed by atoms with Gasteiger partial charge in [-0.3, -0.25) is 19.2 Å². The molecule has 0 saturated heterocycles. The van der Waals surface area contributed by atoms with Gasteiger partial charge in [0.2, 0.25) is 0 Å². The van der Waals surface area contributed by atoms with Crippen LogP contribution in [0.25, 0.3) is 0 Å². The van der Waals surface area contributed by atoms with Gasteiger partial charge in [0.05, 0.1) is 31.5 Å². The lowest BCUT2D eigenvalue weighted by atomic mass is 10.1. The van der Waals surface area contributed by atoms with Crippen LogP contribution >= 0.6 is 0 Å². The molecule has 0 atom stereocenters. The number of unbranched alkanes of at least 4 members (excludes halogenated alkanes) is 7. The number of carbonyl (C=O) groups excluding carboxylic acids is 4. The molecule has 3 aromatic rings. The Morgan fingerprint density at radius 1 is 0.673 bits per heavy atom. The van der Waals surface area contributed by atoms with Crippen LogP contribution in [0, 0.1) is 0 Å². The molecule has 0 aliphatic heterocycles. The van der Waals surface area contributed by atoms with E-state index in [4.69, 9.17) is 38.4 Å². The summed E-state index contributed by atoms with van der Waals surface area (Å²) >= 11 is 0. The van der Waals surface area contributed by atoms with Gasteiger partial charge in [0, 0.05) is 19.3 Å². The van der Waals surface area contributed by atoms with Crippen LogP contribution in [0.1, 0.15) is 88.9 Å². The van der Waals surface area contributed by atoms with Crippen LogP contribution < -0.4 is 18.9 Å². The Bertz CT molecular complexity index is 1410. The van der Waals surface area contributed by atoms with Crippen LogP contribution in [0.5, 0.6) is 23.0 Å². The predicted molar refractivity (Wildman–Crippen MR) is 201 cm³/mol. The number of allylic oxidation sites excluding steroid dienone is 2. The number of carboxylic acid groups (broad SMARTS) is 1. The molecule has 0 amide bonds. The van der Waals surface area contributed by atoms with Crippen molar-refractivity contribution >= 4 is 31.3 Å². The van der Waals surface area contributed by atoms with Crippen molar-refractivity contribution in [1.29, 1.82) is 0 Å². The molecule has 1 N–H and O–H groups in total. The van der Waals surface area contributed by atoms with Gasteiger partial charge in [0.25, 0.3) is 6.47 Å². The fourth-order valence-electron chi connectivity index (χ4n) is 4.19. The fraction of sp³-hybridized carbons (Fsp3) is 0.341. The molecule has 282 valence electrons. The van der Waals surface area contributed by atoms with Crippen molar-refractivity contribution in [2.45, 2.75) is 57.8 Å². The average Bonchev–Trinajstić information content (AvgIpc) is 3.18. The highest BCUT2D eigenvalue weighted by Crippen LogP contribution is 2.23. The first kappa shape index (κ1) is 46.5. The molecule has 0 aliphatic rings. The van der Waals surface area contributed by atoms with Gasteiger partial charge in [-0.2, -0.15) is 0 Å². The standard InChI is InChI=1S/C23H26O5.C14H20O3.C3H4O.CH2O2/c1-3-4-5-6-7-8-15-27-20-11-9-18(10-12-20)23(25)28-21-13-14-22(26-2)19(16-21)17-24;1-16-10-4-2-3-5-11-17-14-8-6-13(12-15)7-9-14;1-2-3-4;2-1-3/h3,9-14,16-17H,1,4-8,15H2,2H3;6-9,12H,2-5,10-11H2,1H3;2-3H,1H2;1H,(H,2,3). The first-order valence-corrected chi connectivity index (χ1v) is 16.9. The minimum atomic E-state index is -0.504. The first-order valence-electron chi connectivity index (χ1n) is 16.9. The fourth-order valence-corrected chi connectivity index (χ4v) is 4.19. The largest absolute Gasteiger partial charge is 0.496 e. The van der Waals surface area contributed by atoms with Crippen molar-refractivity contribution in [3.8, 4) is 23.0 Å². The van der Waals surface area contributed by atoms with E-state index in [0.29, 0.717) is 41.6 Å². The molecule has 11 heteroatoms. The van der Waals surface area contributed by atoms with Gasteiger partial charge in [-0.05, 0) is 111 Å². The second kappa shape index (κ2) is 32.6. The third-order valence-corrected chi connectivity index (χ3v) is 6.82. The molecule has 0 fully saturated rings. The van der Waals surface area contributed by atoms with Crippen molar-refractivity contribution in [2.24, 2.45) is 0 Å². The lowest BCUT2D eigenvalue weighted by Gasteiger charge is -2.09. The zero-order valence-corrected chi connectivity index (χ0v) is 30.2. The number of hydrogen-bond acceptors (Lipinski definition) is 10. The number of aldehydes is 3. The molecule has 0 heterocycles. The maximum atomic E-state index is 12.3. The van der Waals surface area contributed by atoms with Crippen molar-refractivity contribution < 1.29 is 52.8 Å². The molecule has 0 saturated carbocycles. The number of hydrogen-bond donors (Lipinski definition) is 1. The van der Waals surface area contributed by atoms with Gasteiger partial charge in [-0.25, -0.2) is 4.79 Å². The Labute approximate surface area is 307 Å². The quantitative estimate of drug-likeness (QED) is 0.0266. The molecule has 0 aliphatic carbocycles. The van der Waals surface area contributed by atoms with Gasteiger partial charge < -0.3 is 28.8 Å². The molecular formula is C41H52O11. The lowest BCUT2D eigenvalue weighted by molar-refractivity contribution is -0.122. The monoisotopic (exact) mass is 720 g/mol. The van der Waals surface area contributed by atoms with Crippen LogP contribution in [-0.2, 0) is 14.3 Å². The summed E-state index contributed by atoms with van der Waals surface area (Å²) in [5.74, 6) is 1.75. The highest BCUT2D eigenvalue weighted by molar-refractivity contribution is 5.91. The van der Waals surface area contributed by atoms with Crippen molar-refractivity contribution in [1.82, 2.24) is 0 Å². The van der Waals surface area contributed by atoms with Gasteiger partial charge in [0.15, 0.2) is 6.29 Å². The second-order valence-electron chi connectivity index (χ2n) is 10.7. The third kappa shape index (κ3) is 23.0. The predicted octanol–water partition coefficient (Wildman–Crippen LogP) is 8.40. The Morgan fingerprint density at radius 3 is 1.63 bits per heavy atom. The maximum Gasteiger partial charge on any atom is 0.343 e. The average molecular weight is 721 g/mol. The van der Waals surface area contributed by atoms with Crippen LogP contribution in [0.3, 0.4) is 0 Å². The molecule has 0 bridgehead atoms.